The first-order valence-electron chi connectivity index (χ1n) is 8.29. The second kappa shape index (κ2) is 7.29. The maximum Gasteiger partial charge on any atom is 0.253 e. The molecule has 0 spiro atoms. The number of rotatable bonds is 3. The fourth-order valence-corrected chi connectivity index (χ4v) is 3.21. The van der Waals surface area contributed by atoms with E-state index >= 15 is 0 Å². The third-order valence-electron chi connectivity index (χ3n) is 4.73. The second-order valence-electron chi connectivity index (χ2n) is 6.20. The van der Waals surface area contributed by atoms with Crippen LogP contribution in [0.1, 0.15) is 45.8 Å². The summed E-state index contributed by atoms with van der Waals surface area (Å²) in [6.45, 7) is 2.02. The lowest BCUT2D eigenvalue weighted by molar-refractivity contribution is 0.0713. The normalized spacial score (nSPS) is 15.1. The summed E-state index contributed by atoms with van der Waals surface area (Å²) in [5.74, 6) is 0.554. The van der Waals surface area contributed by atoms with Gasteiger partial charge in [0.1, 0.15) is 0 Å². The van der Waals surface area contributed by atoms with E-state index in [4.69, 9.17) is 11.0 Å². The van der Waals surface area contributed by atoms with Gasteiger partial charge in [0.25, 0.3) is 5.91 Å². The van der Waals surface area contributed by atoms with Crippen LogP contribution in [0, 0.1) is 11.3 Å². The van der Waals surface area contributed by atoms with E-state index in [2.05, 4.69) is 6.07 Å². The van der Waals surface area contributed by atoms with Crippen molar-refractivity contribution in [1.29, 1.82) is 5.26 Å². The fourth-order valence-electron chi connectivity index (χ4n) is 3.21. The number of piperidine rings is 1. The smallest absolute Gasteiger partial charge is 0.253 e. The van der Waals surface area contributed by atoms with Crippen molar-refractivity contribution in [3.05, 3.63) is 70.8 Å². The Balaban J connectivity index is 1.61. The quantitative estimate of drug-likeness (QED) is 0.945. The van der Waals surface area contributed by atoms with Gasteiger partial charge in [0.2, 0.25) is 0 Å². The third-order valence-corrected chi connectivity index (χ3v) is 4.73. The van der Waals surface area contributed by atoms with Crippen molar-refractivity contribution in [2.75, 3.05) is 13.1 Å². The van der Waals surface area contributed by atoms with Crippen molar-refractivity contribution in [2.24, 2.45) is 5.73 Å². The number of nitrogens with two attached hydrogens (primary N) is 1. The van der Waals surface area contributed by atoms with Gasteiger partial charge in [-0.2, -0.15) is 5.26 Å². The molecule has 3 rings (SSSR count). The van der Waals surface area contributed by atoms with E-state index < -0.39 is 0 Å². The van der Waals surface area contributed by atoms with Crippen LogP contribution >= 0.6 is 0 Å². The molecule has 1 aliphatic rings. The Morgan fingerprint density at radius 3 is 2.25 bits per heavy atom. The third kappa shape index (κ3) is 3.47. The maximum absolute atomic E-state index is 12.6. The zero-order valence-corrected chi connectivity index (χ0v) is 13.6. The molecule has 0 radical (unpaired) electrons. The van der Waals surface area contributed by atoms with Crippen LogP contribution in [0.4, 0.5) is 0 Å². The summed E-state index contributed by atoms with van der Waals surface area (Å²) >= 11 is 0. The number of carbonyl (C=O) groups excluding carboxylic acids is 1. The summed E-state index contributed by atoms with van der Waals surface area (Å²) in [5.41, 5.74) is 9.30. The standard InChI is InChI=1S/C20H21N3O/c21-13-15-1-5-17(6-2-15)18-9-11-23(12-10-18)20(24)19-7-3-16(14-22)4-8-19/h1-8,18H,9-12,14,22H2. The van der Waals surface area contributed by atoms with Gasteiger partial charge >= 0.3 is 0 Å². The number of benzene rings is 2. The minimum Gasteiger partial charge on any atom is -0.339 e. The minimum absolute atomic E-state index is 0.0943. The Bertz CT molecular complexity index is 736. The zero-order chi connectivity index (χ0) is 16.9. The van der Waals surface area contributed by atoms with Crippen LogP contribution in [0.5, 0.6) is 0 Å². The first-order chi connectivity index (χ1) is 11.7. The van der Waals surface area contributed by atoms with E-state index in [1.165, 1.54) is 5.56 Å². The Hall–Kier alpha value is -2.64. The van der Waals surface area contributed by atoms with Crippen molar-refractivity contribution in [1.82, 2.24) is 4.90 Å². The molecule has 0 bridgehead atoms. The van der Waals surface area contributed by atoms with Crippen LogP contribution in [-0.4, -0.2) is 23.9 Å². The maximum atomic E-state index is 12.6. The molecule has 1 aliphatic heterocycles. The zero-order valence-electron chi connectivity index (χ0n) is 13.6. The first-order valence-corrected chi connectivity index (χ1v) is 8.29. The highest BCUT2D eigenvalue weighted by molar-refractivity contribution is 5.94. The number of hydrogen-bond donors (Lipinski definition) is 1. The SMILES string of the molecule is N#Cc1ccc(C2CCN(C(=O)c3ccc(CN)cc3)CC2)cc1. The minimum atomic E-state index is 0.0943. The predicted octanol–water partition coefficient (Wildman–Crippen LogP) is 3.04. The molecule has 0 aromatic heterocycles. The molecule has 0 saturated carbocycles. The lowest BCUT2D eigenvalue weighted by Gasteiger charge is -2.32. The van der Waals surface area contributed by atoms with Crippen LogP contribution in [0.3, 0.4) is 0 Å². The number of likely N-dealkylation sites (tertiary alicyclic amines) is 1. The summed E-state index contributed by atoms with van der Waals surface area (Å²) in [5, 5.41) is 8.87. The van der Waals surface area contributed by atoms with E-state index in [1.807, 2.05) is 53.4 Å². The number of amides is 1. The lowest BCUT2D eigenvalue weighted by Crippen LogP contribution is -2.37. The second-order valence-corrected chi connectivity index (χ2v) is 6.20. The van der Waals surface area contributed by atoms with Crippen LogP contribution in [0.15, 0.2) is 48.5 Å². The summed E-state index contributed by atoms with van der Waals surface area (Å²) < 4.78 is 0. The largest absolute Gasteiger partial charge is 0.339 e. The molecule has 24 heavy (non-hydrogen) atoms. The Morgan fingerprint density at radius 1 is 1.08 bits per heavy atom. The van der Waals surface area contributed by atoms with Gasteiger partial charge < -0.3 is 10.6 Å². The average molecular weight is 319 g/mol. The molecule has 2 aromatic carbocycles. The fraction of sp³-hybridized carbons (Fsp3) is 0.300. The molecule has 1 saturated heterocycles. The molecule has 1 amide bonds. The highest BCUT2D eigenvalue weighted by atomic mass is 16.2. The number of nitriles is 1. The molecule has 0 atom stereocenters. The molecule has 122 valence electrons. The van der Waals surface area contributed by atoms with E-state index in [9.17, 15) is 4.79 Å². The van der Waals surface area contributed by atoms with Gasteiger partial charge in [-0.05, 0) is 54.2 Å². The van der Waals surface area contributed by atoms with Gasteiger partial charge in [0.15, 0.2) is 0 Å². The van der Waals surface area contributed by atoms with Crippen LogP contribution in [0.2, 0.25) is 0 Å². The number of carbonyl (C=O) groups is 1. The molecule has 0 aliphatic carbocycles. The highest BCUT2D eigenvalue weighted by Gasteiger charge is 2.24. The van der Waals surface area contributed by atoms with Gasteiger partial charge in [-0.25, -0.2) is 0 Å². The van der Waals surface area contributed by atoms with Gasteiger partial charge in [-0.3, -0.25) is 4.79 Å². The molecule has 4 nitrogen and oxygen atoms in total. The van der Waals surface area contributed by atoms with Gasteiger partial charge in [0.05, 0.1) is 11.6 Å². The molecule has 2 N–H and O–H groups in total. The molecular formula is C20H21N3O. The van der Waals surface area contributed by atoms with Crippen LogP contribution < -0.4 is 5.73 Å². The topological polar surface area (TPSA) is 70.1 Å². The predicted molar refractivity (Wildman–Crippen MR) is 93.4 cm³/mol. The van der Waals surface area contributed by atoms with Crippen molar-refractivity contribution in [3.8, 4) is 6.07 Å². The monoisotopic (exact) mass is 319 g/mol. The summed E-state index contributed by atoms with van der Waals surface area (Å²) in [7, 11) is 0. The average Bonchev–Trinajstić information content (AvgIpc) is 2.68. The van der Waals surface area contributed by atoms with Crippen molar-refractivity contribution < 1.29 is 4.79 Å². The van der Waals surface area contributed by atoms with E-state index in [0.29, 0.717) is 18.0 Å². The van der Waals surface area contributed by atoms with Crippen molar-refractivity contribution >= 4 is 5.91 Å². The Labute approximate surface area is 142 Å². The van der Waals surface area contributed by atoms with Gasteiger partial charge in [0, 0.05) is 25.2 Å². The van der Waals surface area contributed by atoms with Crippen molar-refractivity contribution in [2.45, 2.75) is 25.3 Å². The van der Waals surface area contributed by atoms with E-state index in [1.54, 1.807) is 0 Å². The van der Waals surface area contributed by atoms with Crippen molar-refractivity contribution in [3.63, 3.8) is 0 Å². The van der Waals surface area contributed by atoms with Gasteiger partial charge in [-0.15, -0.1) is 0 Å². The molecule has 0 unspecified atom stereocenters. The molecular weight excluding hydrogens is 298 g/mol. The van der Waals surface area contributed by atoms with E-state index in [-0.39, 0.29) is 5.91 Å². The summed E-state index contributed by atoms with van der Waals surface area (Å²) in [6.07, 6.45) is 1.91. The number of hydrogen-bond acceptors (Lipinski definition) is 3. The Morgan fingerprint density at radius 2 is 1.71 bits per heavy atom. The number of nitrogens with zero attached hydrogens (tertiary/aromatic N) is 2. The van der Waals surface area contributed by atoms with Gasteiger partial charge in [-0.1, -0.05) is 24.3 Å². The Kier molecular flexibility index (Phi) is 4.93. The first kappa shape index (κ1) is 16.2. The van der Waals surface area contributed by atoms with E-state index in [0.717, 1.165) is 37.1 Å². The molecule has 1 fully saturated rings. The summed E-state index contributed by atoms with van der Waals surface area (Å²) in [4.78, 5) is 14.5. The highest BCUT2D eigenvalue weighted by Crippen LogP contribution is 2.28. The summed E-state index contributed by atoms with van der Waals surface area (Å²) in [6, 6.07) is 17.5. The molecule has 2 aromatic rings. The molecule has 4 heteroatoms. The molecule has 1 heterocycles. The van der Waals surface area contributed by atoms with Crippen LogP contribution in [-0.2, 0) is 6.54 Å². The van der Waals surface area contributed by atoms with Crippen LogP contribution in [0.25, 0.3) is 0 Å². The lowest BCUT2D eigenvalue weighted by atomic mass is 9.89.